The van der Waals surface area contributed by atoms with Crippen LogP contribution in [0.3, 0.4) is 0 Å². The summed E-state index contributed by atoms with van der Waals surface area (Å²) >= 11 is 6.01. The smallest absolute Gasteiger partial charge is 0.165 e. The molecule has 1 aliphatic rings. The maximum atomic E-state index is 6.01. The van der Waals surface area contributed by atoms with Crippen molar-refractivity contribution < 1.29 is 0 Å². The molecule has 4 aromatic rings. The van der Waals surface area contributed by atoms with E-state index < -0.39 is 0 Å². The number of imidazole rings is 2. The summed E-state index contributed by atoms with van der Waals surface area (Å²) in [5, 5.41) is 3.99. The molecule has 3 aromatic heterocycles. The van der Waals surface area contributed by atoms with Crippen molar-refractivity contribution in [3.8, 4) is 0 Å². The van der Waals surface area contributed by atoms with Crippen molar-refractivity contribution in [1.82, 2.24) is 29.5 Å². The molecule has 3 heterocycles. The van der Waals surface area contributed by atoms with Crippen LogP contribution in [0.4, 0.5) is 5.82 Å². The van der Waals surface area contributed by atoms with Crippen molar-refractivity contribution in [2.45, 2.75) is 25.4 Å². The quantitative estimate of drug-likeness (QED) is 0.596. The number of nitrogens with zero attached hydrogens (tertiary/aromatic N) is 5. The summed E-state index contributed by atoms with van der Waals surface area (Å²) in [6, 6.07) is 6.14. The number of anilines is 1. The fourth-order valence-electron chi connectivity index (χ4n) is 2.89. The fraction of sp³-hybridized carbons (Fsp3) is 0.250. The molecular formula is C16H14ClN7. The standard InChI is InChI=1S/C16H14ClN7/c17-9-1-4-11-12(5-9)23-13(22-11)6-18-15-14-16(20-7-19-15)24(8-21-14)10-2-3-10/h1,4-5,7-8,10H,2-3,6H2,(H,22,23)(H,18,19,20). The molecule has 1 saturated carbocycles. The largest absolute Gasteiger partial charge is 0.361 e. The monoisotopic (exact) mass is 339 g/mol. The van der Waals surface area contributed by atoms with Gasteiger partial charge in [-0.3, -0.25) is 0 Å². The van der Waals surface area contributed by atoms with E-state index in [0.717, 1.165) is 33.8 Å². The minimum absolute atomic E-state index is 0.523. The first-order chi connectivity index (χ1) is 11.8. The third kappa shape index (κ3) is 2.28. The number of rotatable bonds is 4. The molecule has 0 spiro atoms. The lowest BCUT2D eigenvalue weighted by Gasteiger charge is -2.04. The fourth-order valence-corrected chi connectivity index (χ4v) is 3.06. The number of H-pyrrole nitrogens is 1. The topological polar surface area (TPSA) is 84.3 Å². The van der Waals surface area contributed by atoms with E-state index in [0.29, 0.717) is 17.6 Å². The van der Waals surface area contributed by atoms with E-state index in [1.165, 1.54) is 12.8 Å². The number of aromatic amines is 1. The number of aromatic nitrogens is 6. The Balaban J connectivity index is 1.43. The van der Waals surface area contributed by atoms with E-state index in [2.05, 4.69) is 34.8 Å². The molecule has 1 aliphatic carbocycles. The van der Waals surface area contributed by atoms with Crippen molar-refractivity contribution >= 4 is 39.6 Å². The van der Waals surface area contributed by atoms with E-state index in [-0.39, 0.29) is 0 Å². The van der Waals surface area contributed by atoms with Gasteiger partial charge in [-0.2, -0.15) is 0 Å². The van der Waals surface area contributed by atoms with E-state index >= 15 is 0 Å². The van der Waals surface area contributed by atoms with Gasteiger partial charge in [0, 0.05) is 11.1 Å². The summed E-state index contributed by atoms with van der Waals surface area (Å²) in [6.45, 7) is 0.523. The summed E-state index contributed by atoms with van der Waals surface area (Å²) in [4.78, 5) is 21.0. The number of nitrogens with one attached hydrogen (secondary N) is 2. The first-order valence-corrected chi connectivity index (χ1v) is 8.21. The highest BCUT2D eigenvalue weighted by atomic mass is 35.5. The van der Waals surface area contributed by atoms with Crippen LogP contribution in [-0.2, 0) is 6.54 Å². The molecule has 1 aromatic carbocycles. The van der Waals surface area contributed by atoms with Crippen LogP contribution in [-0.4, -0.2) is 29.5 Å². The number of hydrogen-bond acceptors (Lipinski definition) is 5. The maximum absolute atomic E-state index is 6.01. The summed E-state index contributed by atoms with van der Waals surface area (Å²) in [7, 11) is 0. The minimum Gasteiger partial charge on any atom is -0.361 e. The summed E-state index contributed by atoms with van der Waals surface area (Å²) in [5.74, 6) is 1.54. The van der Waals surface area contributed by atoms with E-state index in [4.69, 9.17) is 11.6 Å². The van der Waals surface area contributed by atoms with Gasteiger partial charge in [-0.25, -0.2) is 19.9 Å². The molecule has 8 heteroatoms. The van der Waals surface area contributed by atoms with E-state index in [9.17, 15) is 0 Å². The van der Waals surface area contributed by atoms with Crippen LogP contribution >= 0.6 is 11.6 Å². The van der Waals surface area contributed by atoms with Gasteiger partial charge in [0.05, 0.1) is 23.9 Å². The van der Waals surface area contributed by atoms with Gasteiger partial charge in [-0.05, 0) is 31.0 Å². The second-order valence-corrected chi connectivity index (χ2v) is 6.41. The van der Waals surface area contributed by atoms with Crippen LogP contribution in [0.2, 0.25) is 5.02 Å². The normalized spacial score (nSPS) is 14.5. The van der Waals surface area contributed by atoms with Gasteiger partial charge in [0.15, 0.2) is 11.5 Å². The number of hydrogen-bond donors (Lipinski definition) is 2. The minimum atomic E-state index is 0.523. The van der Waals surface area contributed by atoms with Gasteiger partial charge in [-0.1, -0.05) is 11.6 Å². The predicted molar refractivity (Wildman–Crippen MR) is 92.0 cm³/mol. The molecule has 120 valence electrons. The molecule has 0 radical (unpaired) electrons. The Morgan fingerprint density at radius 2 is 2.17 bits per heavy atom. The van der Waals surface area contributed by atoms with Gasteiger partial charge in [-0.15, -0.1) is 0 Å². The average molecular weight is 340 g/mol. The van der Waals surface area contributed by atoms with Gasteiger partial charge in [0.2, 0.25) is 0 Å². The van der Waals surface area contributed by atoms with Crippen LogP contribution in [0.5, 0.6) is 0 Å². The lowest BCUT2D eigenvalue weighted by molar-refractivity contribution is 0.756. The molecule has 5 rings (SSSR count). The molecule has 0 amide bonds. The maximum Gasteiger partial charge on any atom is 0.165 e. The number of halogens is 1. The van der Waals surface area contributed by atoms with Crippen LogP contribution in [0.15, 0.2) is 30.9 Å². The Labute approximate surface area is 142 Å². The zero-order chi connectivity index (χ0) is 16.1. The lowest BCUT2D eigenvalue weighted by Crippen LogP contribution is -2.04. The summed E-state index contributed by atoms with van der Waals surface area (Å²) < 4.78 is 2.13. The average Bonchev–Trinajstić information content (AvgIpc) is 3.20. The second-order valence-electron chi connectivity index (χ2n) is 5.98. The second kappa shape index (κ2) is 5.17. The highest BCUT2D eigenvalue weighted by Gasteiger charge is 2.26. The molecule has 0 bridgehead atoms. The summed E-state index contributed by atoms with van der Waals surface area (Å²) in [6.07, 6.45) is 5.81. The van der Waals surface area contributed by atoms with Crippen LogP contribution in [0.1, 0.15) is 24.7 Å². The van der Waals surface area contributed by atoms with Gasteiger partial charge in [0.25, 0.3) is 0 Å². The Hall–Kier alpha value is -2.67. The van der Waals surface area contributed by atoms with Gasteiger partial charge < -0.3 is 14.9 Å². The van der Waals surface area contributed by atoms with Crippen molar-refractivity contribution in [2.75, 3.05) is 5.32 Å². The first-order valence-electron chi connectivity index (χ1n) is 7.83. The Bertz CT molecular complexity index is 1050. The van der Waals surface area contributed by atoms with Crippen molar-refractivity contribution in [3.05, 3.63) is 41.7 Å². The first kappa shape index (κ1) is 13.7. The molecule has 0 unspecified atom stereocenters. The Morgan fingerprint density at radius 1 is 1.25 bits per heavy atom. The van der Waals surface area contributed by atoms with Gasteiger partial charge >= 0.3 is 0 Å². The van der Waals surface area contributed by atoms with E-state index in [1.807, 2.05) is 24.5 Å². The van der Waals surface area contributed by atoms with Crippen LogP contribution in [0.25, 0.3) is 22.2 Å². The van der Waals surface area contributed by atoms with Crippen molar-refractivity contribution in [2.24, 2.45) is 0 Å². The summed E-state index contributed by atoms with van der Waals surface area (Å²) in [5.41, 5.74) is 3.49. The highest BCUT2D eigenvalue weighted by Crippen LogP contribution is 2.37. The Morgan fingerprint density at radius 3 is 3.04 bits per heavy atom. The highest BCUT2D eigenvalue weighted by molar-refractivity contribution is 6.31. The molecule has 2 N–H and O–H groups in total. The molecule has 24 heavy (non-hydrogen) atoms. The van der Waals surface area contributed by atoms with Crippen LogP contribution in [0, 0.1) is 0 Å². The van der Waals surface area contributed by atoms with Crippen molar-refractivity contribution in [3.63, 3.8) is 0 Å². The molecular weight excluding hydrogens is 326 g/mol. The van der Waals surface area contributed by atoms with Crippen LogP contribution < -0.4 is 5.32 Å². The molecule has 0 aliphatic heterocycles. The lowest BCUT2D eigenvalue weighted by atomic mass is 10.3. The molecule has 0 saturated heterocycles. The van der Waals surface area contributed by atoms with E-state index in [1.54, 1.807) is 6.33 Å². The number of benzene rings is 1. The van der Waals surface area contributed by atoms with Crippen molar-refractivity contribution in [1.29, 1.82) is 0 Å². The predicted octanol–water partition coefficient (Wildman–Crippen LogP) is 3.30. The van der Waals surface area contributed by atoms with Gasteiger partial charge in [0.1, 0.15) is 17.7 Å². The zero-order valence-corrected chi connectivity index (χ0v) is 13.5. The molecule has 0 atom stereocenters. The Kier molecular flexibility index (Phi) is 2.96. The number of fused-ring (bicyclic) bond motifs is 2. The zero-order valence-electron chi connectivity index (χ0n) is 12.7. The molecule has 1 fully saturated rings. The third-order valence-electron chi connectivity index (χ3n) is 4.22. The molecule has 7 nitrogen and oxygen atoms in total. The SMILES string of the molecule is Clc1ccc2nc(CNc3ncnc4c3ncn4C3CC3)[nH]c2c1. The third-order valence-corrected chi connectivity index (χ3v) is 4.45.